The number of nitrogens with one attached hydrogen (secondary N) is 1. The van der Waals surface area contributed by atoms with Gasteiger partial charge in [0.25, 0.3) is 0 Å². The molecular weight excluding hydrogens is 162 g/mol. The molecule has 0 amide bonds. The Hall–Kier alpha value is -0.600. The van der Waals surface area contributed by atoms with Gasteiger partial charge in [0.15, 0.2) is 7.05 Å². The summed E-state index contributed by atoms with van der Waals surface area (Å²) in [7, 11) is 1.97. The van der Waals surface area contributed by atoms with Crippen LogP contribution in [0.2, 0.25) is 0 Å². The molecule has 0 aromatic rings. The predicted octanol–water partition coefficient (Wildman–Crippen LogP) is 2.18. The Morgan fingerprint density at radius 2 is 2.00 bits per heavy atom. The van der Waals surface area contributed by atoms with Gasteiger partial charge in [0.2, 0.25) is 0 Å². The highest BCUT2D eigenvalue weighted by Crippen LogP contribution is 2.35. The Morgan fingerprint density at radius 3 is 2.31 bits per heavy atom. The van der Waals surface area contributed by atoms with Crippen LogP contribution >= 0.6 is 0 Å². The van der Waals surface area contributed by atoms with Gasteiger partial charge in [-0.1, -0.05) is 27.7 Å². The Balaban J connectivity index is 2.94. The van der Waals surface area contributed by atoms with Gasteiger partial charge in [-0.15, -0.1) is 0 Å². The molecule has 3 nitrogen and oxygen atoms in total. The first-order valence-corrected chi connectivity index (χ1v) is 5.02. The molecule has 3 heteroatoms. The number of hydrogen-bond donors (Lipinski definition) is 1. The maximum atomic E-state index is 4.61. The Labute approximate surface area is 81.2 Å². The maximum absolute atomic E-state index is 4.61. The number of nitrogens with zero attached hydrogens (tertiary/aromatic N) is 2. The third-order valence-corrected chi connectivity index (χ3v) is 2.86. The lowest BCUT2D eigenvalue weighted by Crippen LogP contribution is -2.51. The number of hydrogen-bond acceptors (Lipinski definition) is 2. The Bertz CT molecular complexity index is 227. The first kappa shape index (κ1) is 10.5. The lowest BCUT2D eigenvalue weighted by molar-refractivity contribution is -0.617. The summed E-state index contributed by atoms with van der Waals surface area (Å²) in [6, 6.07) is 0.356. The molecule has 0 fully saturated rings. The lowest BCUT2D eigenvalue weighted by Gasteiger charge is -2.32. The van der Waals surface area contributed by atoms with E-state index in [1.807, 2.05) is 11.9 Å². The van der Waals surface area contributed by atoms with Crippen LogP contribution in [0, 0.1) is 5.41 Å². The minimum Gasteiger partial charge on any atom is -0.166 e. The first-order valence-electron chi connectivity index (χ1n) is 5.02. The zero-order valence-corrected chi connectivity index (χ0v) is 9.68. The average molecular weight is 184 g/mol. The summed E-state index contributed by atoms with van der Waals surface area (Å²) in [5.74, 6) is 0. The summed E-state index contributed by atoms with van der Waals surface area (Å²) < 4.78 is 0. The molecule has 0 aromatic carbocycles. The average Bonchev–Trinajstić information content (AvgIpc) is 2.26. The SMILES string of the molecule is CCC1(C)N[N+](C)=NC1C(C)(C)C. The summed E-state index contributed by atoms with van der Waals surface area (Å²) in [6.07, 6.45) is 1.10. The highest BCUT2D eigenvalue weighted by Gasteiger charge is 2.49. The number of azo groups is 1. The molecule has 2 atom stereocenters. The third-order valence-electron chi connectivity index (χ3n) is 2.86. The minimum atomic E-state index is 0.118. The molecule has 1 aliphatic heterocycles. The van der Waals surface area contributed by atoms with Crippen molar-refractivity contribution in [1.29, 1.82) is 0 Å². The maximum Gasteiger partial charge on any atom is 0.190 e. The Morgan fingerprint density at radius 1 is 1.46 bits per heavy atom. The van der Waals surface area contributed by atoms with Gasteiger partial charge in [-0.25, -0.2) is 0 Å². The molecule has 1 heterocycles. The first-order chi connectivity index (χ1) is 5.79. The van der Waals surface area contributed by atoms with Crippen LogP contribution in [0.15, 0.2) is 5.11 Å². The summed E-state index contributed by atoms with van der Waals surface area (Å²) in [5.41, 5.74) is 3.75. The van der Waals surface area contributed by atoms with E-state index < -0.39 is 0 Å². The van der Waals surface area contributed by atoms with Crippen molar-refractivity contribution >= 4 is 0 Å². The summed E-state index contributed by atoms with van der Waals surface area (Å²) in [6.45, 7) is 11.2. The van der Waals surface area contributed by atoms with Crippen LogP contribution < -0.4 is 5.43 Å². The molecule has 0 spiro atoms. The van der Waals surface area contributed by atoms with Crippen LogP contribution in [0.25, 0.3) is 0 Å². The lowest BCUT2D eigenvalue weighted by atomic mass is 9.75. The molecule has 13 heavy (non-hydrogen) atoms. The van der Waals surface area contributed by atoms with E-state index in [0.29, 0.717) is 6.04 Å². The smallest absolute Gasteiger partial charge is 0.166 e. The Kier molecular flexibility index (Phi) is 2.39. The number of hydrazine groups is 1. The zero-order chi connectivity index (χ0) is 10.3. The van der Waals surface area contributed by atoms with Crippen LogP contribution in [0.3, 0.4) is 0 Å². The monoisotopic (exact) mass is 184 g/mol. The van der Waals surface area contributed by atoms with Gasteiger partial charge in [0, 0.05) is 0 Å². The third kappa shape index (κ3) is 1.84. The van der Waals surface area contributed by atoms with E-state index in [1.165, 1.54) is 0 Å². The fourth-order valence-corrected chi connectivity index (χ4v) is 2.16. The van der Waals surface area contributed by atoms with Crippen molar-refractivity contribution in [1.82, 2.24) is 5.43 Å². The molecule has 76 valence electrons. The minimum absolute atomic E-state index is 0.118. The molecule has 0 bridgehead atoms. The van der Waals surface area contributed by atoms with E-state index in [2.05, 4.69) is 45.2 Å². The van der Waals surface area contributed by atoms with Gasteiger partial charge in [-0.3, -0.25) is 0 Å². The van der Waals surface area contributed by atoms with Crippen molar-refractivity contribution in [3.8, 4) is 0 Å². The van der Waals surface area contributed by atoms with Gasteiger partial charge in [-0.05, 0) is 28.7 Å². The van der Waals surface area contributed by atoms with Crippen LogP contribution in [0.5, 0.6) is 0 Å². The molecule has 2 unspecified atom stereocenters. The molecule has 1 aliphatic rings. The molecule has 1 N–H and O–H groups in total. The van der Waals surface area contributed by atoms with Gasteiger partial charge >= 0.3 is 0 Å². The molecule has 0 saturated heterocycles. The van der Waals surface area contributed by atoms with Crippen molar-refractivity contribution in [2.24, 2.45) is 10.5 Å². The molecule has 0 aromatic heterocycles. The highest BCUT2D eigenvalue weighted by atomic mass is 15.6. The van der Waals surface area contributed by atoms with Gasteiger partial charge in [0.05, 0.1) is 0 Å². The molecule has 0 radical (unpaired) electrons. The van der Waals surface area contributed by atoms with Gasteiger partial charge in [-0.2, -0.15) is 5.43 Å². The molecule has 0 saturated carbocycles. The summed E-state index contributed by atoms with van der Waals surface area (Å²) in [4.78, 5) is 1.86. The second-order valence-electron chi connectivity index (χ2n) is 5.29. The van der Waals surface area contributed by atoms with Crippen molar-refractivity contribution in [3.63, 3.8) is 0 Å². The van der Waals surface area contributed by atoms with E-state index in [9.17, 15) is 0 Å². The van der Waals surface area contributed by atoms with E-state index in [1.54, 1.807) is 0 Å². The predicted molar refractivity (Wildman–Crippen MR) is 53.7 cm³/mol. The summed E-state index contributed by atoms with van der Waals surface area (Å²) in [5, 5.41) is 4.61. The van der Waals surface area contributed by atoms with Crippen LogP contribution in [0.4, 0.5) is 0 Å². The standard InChI is InChI=1S/C10H22N3/c1-7-10(5)8(9(2,3)4)11-13(6)12-10/h8H,7H2,1-6H3,(H,11,12)/q+1. The van der Waals surface area contributed by atoms with Crippen LogP contribution in [-0.2, 0) is 0 Å². The summed E-state index contributed by atoms with van der Waals surface area (Å²) >= 11 is 0. The molecule has 0 aliphatic carbocycles. The fraction of sp³-hybridized carbons (Fsp3) is 1.00. The van der Waals surface area contributed by atoms with E-state index >= 15 is 0 Å². The molecular formula is C10H22N3+. The van der Waals surface area contributed by atoms with Crippen LogP contribution in [-0.4, -0.2) is 23.4 Å². The quantitative estimate of drug-likeness (QED) is 0.621. The highest BCUT2D eigenvalue weighted by molar-refractivity contribution is 4.98. The van der Waals surface area contributed by atoms with Crippen molar-refractivity contribution in [3.05, 3.63) is 0 Å². The fourth-order valence-electron chi connectivity index (χ4n) is 2.16. The van der Waals surface area contributed by atoms with E-state index in [-0.39, 0.29) is 11.0 Å². The van der Waals surface area contributed by atoms with Crippen LogP contribution in [0.1, 0.15) is 41.0 Å². The van der Waals surface area contributed by atoms with Crippen molar-refractivity contribution < 1.29 is 4.81 Å². The van der Waals surface area contributed by atoms with Gasteiger partial charge < -0.3 is 0 Å². The normalized spacial score (nSPS) is 34.3. The van der Waals surface area contributed by atoms with E-state index in [0.717, 1.165) is 6.42 Å². The van der Waals surface area contributed by atoms with Crippen molar-refractivity contribution in [2.45, 2.75) is 52.6 Å². The van der Waals surface area contributed by atoms with Gasteiger partial charge in [0.1, 0.15) is 11.6 Å². The second-order valence-corrected chi connectivity index (χ2v) is 5.29. The van der Waals surface area contributed by atoms with E-state index in [4.69, 9.17) is 0 Å². The zero-order valence-electron chi connectivity index (χ0n) is 9.68. The van der Waals surface area contributed by atoms with Crippen molar-refractivity contribution in [2.75, 3.05) is 7.05 Å². The second kappa shape index (κ2) is 2.96. The molecule has 1 rings (SSSR count). The number of rotatable bonds is 1. The largest absolute Gasteiger partial charge is 0.190 e. The topological polar surface area (TPSA) is 27.4 Å².